The minimum atomic E-state index is -0.0750. The predicted octanol–water partition coefficient (Wildman–Crippen LogP) is 3.11. The Hall–Kier alpha value is -2.20. The van der Waals surface area contributed by atoms with Crippen molar-refractivity contribution in [2.24, 2.45) is 0 Å². The lowest BCUT2D eigenvalue weighted by Gasteiger charge is -2.29. The highest BCUT2D eigenvalue weighted by Gasteiger charge is 2.16. The van der Waals surface area contributed by atoms with Gasteiger partial charge in [-0.1, -0.05) is 30.3 Å². The first kappa shape index (κ1) is 17.2. The molecule has 1 aromatic carbocycles. The molecule has 0 fully saturated rings. The molecule has 122 valence electrons. The molecule has 0 bridgehead atoms. The van der Waals surface area contributed by atoms with Crippen molar-refractivity contribution >= 4 is 5.91 Å². The molecule has 1 atom stereocenters. The van der Waals surface area contributed by atoms with E-state index in [0.717, 1.165) is 13.1 Å². The molecule has 4 nitrogen and oxygen atoms in total. The molecule has 0 aliphatic heterocycles. The first-order valence-corrected chi connectivity index (χ1v) is 8.05. The molecule has 2 rings (SSSR count). The summed E-state index contributed by atoms with van der Waals surface area (Å²) in [6, 6.07) is 14.4. The molecule has 1 heterocycles. The molecule has 1 N–H and O–H groups in total. The van der Waals surface area contributed by atoms with Crippen LogP contribution in [0.15, 0.2) is 54.9 Å². The maximum Gasteiger partial charge on any atom is 0.253 e. The van der Waals surface area contributed by atoms with Gasteiger partial charge in [0.1, 0.15) is 0 Å². The van der Waals surface area contributed by atoms with Crippen molar-refractivity contribution < 1.29 is 4.79 Å². The Balaban J connectivity index is 1.93. The Morgan fingerprint density at radius 3 is 2.48 bits per heavy atom. The number of rotatable bonds is 7. The van der Waals surface area contributed by atoms with E-state index in [1.54, 1.807) is 24.5 Å². The number of hydrogen-bond donors (Lipinski definition) is 1. The average Bonchev–Trinajstić information content (AvgIpc) is 2.56. The molecule has 0 aliphatic carbocycles. The topological polar surface area (TPSA) is 45.2 Å². The van der Waals surface area contributed by atoms with E-state index in [0.29, 0.717) is 11.6 Å². The number of hydrogen-bond acceptors (Lipinski definition) is 3. The Morgan fingerprint density at radius 2 is 1.87 bits per heavy atom. The van der Waals surface area contributed by atoms with E-state index in [1.807, 2.05) is 13.0 Å². The Morgan fingerprint density at radius 1 is 1.13 bits per heavy atom. The van der Waals surface area contributed by atoms with Gasteiger partial charge in [-0.05, 0) is 38.5 Å². The molecule has 2 aromatic rings. The van der Waals surface area contributed by atoms with Crippen LogP contribution in [0.5, 0.6) is 0 Å². The lowest BCUT2D eigenvalue weighted by Crippen LogP contribution is -2.44. The molecule has 1 aromatic heterocycles. The van der Waals surface area contributed by atoms with Crippen LogP contribution < -0.4 is 5.32 Å². The number of nitrogens with zero attached hydrogens (tertiary/aromatic N) is 2. The Labute approximate surface area is 138 Å². The molecule has 0 aliphatic rings. The largest absolute Gasteiger partial charge is 0.348 e. The van der Waals surface area contributed by atoms with E-state index in [1.165, 1.54) is 5.56 Å². The van der Waals surface area contributed by atoms with Crippen molar-refractivity contribution in [3.05, 3.63) is 66.0 Å². The fraction of sp³-hybridized carbons (Fsp3) is 0.368. The van der Waals surface area contributed by atoms with Gasteiger partial charge in [0, 0.05) is 37.6 Å². The van der Waals surface area contributed by atoms with Crippen LogP contribution in [0.25, 0.3) is 0 Å². The molecular weight excluding hydrogens is 286 g/mol. The van der Waals surface area contributed by atoms with Gasteiger partial charge in [-0.15, -0.1) is 0 Å². The summed E-state index contributed by atoms with van der Waals surface area (Å²) < 4.78 is 0. The van der Waals surface area contributed by atoms with Crippen LogP contribution in [0.3, 0.4) is 0 Å². The first-order valence-electron chi connectivity index (χ1n) is 8.05. The maximum atomic E-state index is 12.2. The molecule has 0 spiro atoms. The number of pyridine rings is 1. The number of nitrogens with one attached hydrogen (secondary N) is 1. The molecule has 1 amide bonds. The molecular formula is C19H25N3O. The normalized spacial score (nSPS) is 12.4. The zero-order valence-corrected chi connectivity index (χ0v) is 14.1. The summed E-state index contributed by atoms with van der Waals surface area (Å²) in [5, 5.41) is 3.05. The van der Waals surface area contributed by atoms with Gasteiger partial charge < -0.3 is 5.32 Å². The van der Waals surface area contributed by atoms with Gasteiger partial charge in [0.05, 0.1) is 5.56 Å². The molecule has 23 heavy (non-hydrogen) atoms. The summed E-state index contributed by atoms with van der Waals surface area (Å²) >= 11 is 0. The SMILES string of the molecule is CC(CN(Cc1ccccc1)C(C)C)NC(=O)c1cccnc1. The van der Waals surface area contributed by atoms with Crippen LogP contribution >= 0.6 is 0 Å². The second kappa shape index (κ2) is 8.44. The number of amides is 1. The third-order valence-corrected chi connectivity index (χ3v) is 3.77. The van der Waals surface area contributed by atoms with E-state index < -0.39 is 0 Å². The van der Waals surface area contributed by atoms with Crippen molar-refractivity contribution in [1.29, 1.82) is 0 Å². The molecule has 4 heteroatoms. The Bertz CT molecular complexity index is 599. The summed E-state index contributed by atoms with van der Waals surface area (Å²) in [6.07, 6.45) is 3.26. The van der Waals surface area contributed by atoms with Crippen LogP contribution in [0.2, 0.25) is 0 Å². The maximum absolute atomic E-state index is 12.2. The van der Waals surface area contributed by atoms with Crippen LogP contribution in [0, 0.1) is 0 Å². The third kappa shape index (κ3) is 5.49. The van der Waals surface area contributed by atoms with E-state index in [2.05, 4.69) is 53.3 Å². The van der Waals surface area contributed by atoms with Gasteiger partial charge in [-0.2, -0.15) is 0 Å². The van der Waals surface area contributed by atoms with E-state index in [9.17, 15) is 4.79 Å². The molecule has 0 saturated carbocycles. The van der Waals surface area contributed by atoms with Gasteiger partial charge in [0.25, 0.3) is 5.91 Å². The average molecular weight is 311 g/mol. The van der Waals surface area contributed by atoms with Crippen molar-refractivity contribution in [3.63, 3.8) is 0 Å². The van der Waals surface area contributed by atoms with E-state index >= 15 is 0 Å². The monoisotopic (exact) mass is 311 g/mol. The first-order chi connectivity index (χ1) is 11.1. The van der Waals surface area contributed by atoms with Crippen molar-refractivity contribution in [1.82, 2.24) is 15.2 Å². The number of benzene rings is 1. The smallest absolute Gasteiger partial charge is 0.253 e. The minimum Gasteiger partial charge on any atom is -0.348 e. The second-order valence-corrected chi connectivity index (χ2v) is 6.12. The zero-order chi connectivity index (χ0) is 16.7. The van der Waals surface area contributed by atoms with Gasteiger partial charge in [0.2, 0.25) is 0 Å². The minimum absolute atomic E-state index is 0.0637. The van der Waals surface area contributed by atoms with Crippen molar-refractivity contribution in [3.8, 4) is 0 Å². The van der Waals surface area contributed by atoms with E-state index in [4.69, 9.17) is 0 Å². The summed E-state index contributed by atoms with van der Waals surface area (Å²) in [5.74, 6) is -0.0750. The molecule has 0 radical (unpaired) electrons. The van der Waals surface area contributed by atoms with Crippen LogP contribution in [-0.2, 0) is 6.54 Å². The zero-order valence-electron chi connectivity index (χ0n) is 14.1. The number of carbonyl (C=O) groups excluding carboxylic acids is 1. The van der Waals surface area contributed by atoms with Crippen LogP contribution in [0.4, 0.5) is 0 Å². The number of aromatic nitrogens is 1. The third-order valence-electron chi connectivity index (χ3n) is 3.77. The number of carbonyl (C=O) groups is 1. The second-order valence-electron chi connectivity index (χ2n) is 6.12. The fourth-order valence-electron chi connectivity index (χ4n) is 2.48. The summed E-state index contributed by atoms with van der Waals surface area (Å²) in [7, 11) is 0. The van der Waals surface area contributed by atoms with E-state index in [-0.39, 0.29) is 11.9 Å². The predicted molar refractivity (Wildman–Crippen MR) is 93.2 cm³/mol. The van der Waals surface area contributed by atoms with Gasteiger partial charge >= 0.3 is 0 Å². The molecule has 1 unspecified atom stereocenters. The lowest BCUT2D eigenvalue weighted by atomic mass is 10.1. The van der Waals surface area contributed by atoms with Gasteiger partial charge in [0.15, 0.2) is 0 Å². The summed E-state index contributed by atoms with van der Waals surface area (Å²) in [4.78, 5) is 18.5. The lowest BCUT2D eigenvalue weighted by molar-refractivity contribution is 0.0921. The quantitative estimate of drug-likeness (QED) is 0.854. The Kier molecular flexibility index (Phi) is 6.29. The van der Waals surface area contributed by atoms with Gasteiger partial charge in [-0.3, -0.25) is 14.7 Å². The van der Waals surface area contributed by atoms with Crippen molar-refractivity contribution in [2.75, 3.05) is 6.54 Å². The highest BCUT2D eigenvalue weighted by molar-refractivity contribution is 5.93. The highest BCUT2D eigenvalue weighted by atomic mass is 16.1. The summed E-state index contributed by atoms with van der Waals surface area (Å²) in [5.41, 5.74) is 1.88. The highest BCUT2D eigenvalue weighted by Crippen LogP contribution is 2.09. The van der Waals surface area contributed by atoms with Crippen LogP contribution in [0.1, 0.15) is 36.7 Å². The van der Waals surface area contributed by atoms with Crippen LogP contribution in [-0.4, -0.2) is 34.4 Å². The molecule has 0 saturated heterocycles. The summed E-state index contributed by atoms with van der Waals surface area (Å²) in [6.45, 7) is 8.08. The van der Waals surface area contributed by atoms with Crippen molar-refractivity contribution in [2.45, 2.75) is 39.4 Å². The fourth-order valence-corrected chi connectivity index (χ4v) is 2.48. The van der Waals surface area contributed by atoms with Gasteiger partial charge in [-0.25, -0.2) is 0 Å². The standard InChI is InChI=1S/C19H25N3O/c1-15(2)22(14-17-8-5-4-6-9-17)13-16(3)21-19(23)18-10-7-11-20-12-18/h4-12,15-16H,13-14H2,1-3H3,(H,21,23).